The number of rotatable bonds is 13. The Balaban J connectivity index is 0.000000141. The summed E-state index contributed by atoms with van der Waals surface area (Å²) in [5.74, 6) is -17.0. The van der Waals surface area contributed by atoms with Gasteiger partial charge >= 0.3 is 0 Å². The largest absolute Gasteiger partial charge is 0.325 e. The zero-order valence-electron chi connectivity index (χ0n) is 79.1. The van der Waals surface area contributed by atoms with Crippen molar-refractivity contribution in [2.75, 3.05) is 73.7 Å². The fraction of sp³-hybridized carbons (Fsp3) is 0.188. The first-order valence-electron chi connectivity index (χ1n) is 43.6. The number of aryl methyl sites for hydroxylation is 5. The number of nitrogens with one attached hydrogen (secondary N) is 6. The minimum absolute atomic E-state index is 0.00797. The summed E-state index contributed by atoms with van der Waals surface area (Å²) in [6.45, 7) is 10.1. The Morgan fingerprint density at radius 3 is 0.946 bits per heavy atom. The third kappa shape index (κ3) is 22.5. The van der Waals surface area contributed by atoms with Crippen molar-refractivity contribution in [2.45, 2.75) is 106 Å². The van der Waals surface area contributed by atoms with Crippen molar-refractivity contribution in [3.8, 4) is 0 Å². The summed E-state index contributed by atoms with van der Waals surface area (Å²) in [5, 5.41) is 18.1. The van der Waals surface area contributed by atoms with Crippen LogP contribution in [0.4, 0.5) is 42.9 Å². The van der Waals surface area contributed by atoms with Gasteiger partial charge in [0.2, 0.25) is 35.4 Å². The molecule has 8 aromatic carbocycles. The average Bonchev–Trinajstić information content (AvgIpc) is 1.67. The van der Waals surface area contributed by atoms with Crippen molar-refractivity contribution in [2.24, 2.45) is 0 Å². The highest BCUT2D eigenvalue weighted by Gasteiger charge is 2.53. The molecule has 0 saturated carbocycles. The Bertz CT molecular complexity index is 8320. The van der Waals surface area contributed by atoms with Crippen molar-refractivity contribution in [1.29, 1.82) is 0 Å². The van der Waals surface area contributed by atoms with Gasteiger partial charge in [0.25, 0.3) is 95.6 Å². The predicted molar refractivity (Wildman–Crippen MR) is 563 cm³/mol. The van der Waals surface area contributed by atoms with Crippen LogP contribution in [0.25, 0.3) is 10.8 Å². The molecule has 0 fully saturated rings. The zero-order chi connectivity index (χ0) is 109. The third-order valence-corrected chi connectivity index (χ3v) is 42.0. The number of para-hydroxylation sites is 2. The molecule has 778 valence electrons. The molecule has 13 aromatic rings. The van der Waals surface area contributed by atoms with Gasteiger partial charge in [0, 0.05) is 128 Å². The molecule has 0 aliphatic carbocycles. The van der Waals surface area contributed by atoms with E-state index in [1.165, 1.54) is 105 Å². The molecule has 0 spiro atoms. The van der Waals surface area contributed by atoms with Crippen molar-refractivity contribution in [3.63, 3.8) is 0 Å². The molecule has 6 atom stereocenters. The zero-order valence-corrected chi connectivity index (χ0v) is 92.0. The Labute approximate surface area is 895 Å². The topological polar surface area (TPSA) is 501 Å². The molecular formula is C96H82BrCl3F2N12O24S11. The molecule has 6 aliphatic heterocycles. The van der Waals surface area contributed by atoms with Crippen LogP contribution < -0.4 is 31.9 Å². The van der Waals surface area contributed by atoms with Crippen LogP contribution in [0, 0.1) is 46.3 Å². The van der Waals surface area contributed by atoms with Gasteiger partial charge in [0.05, 0.1) is 20.6 Å². The van der Waals surface area contributed by atoms with Crippen LogP contribution in [0.1, 0.15) is 96.8 Å². The molecule has 0 saturated heterocycles. The van der Waals surface area contributed by atoms with Crippen LogP contribution in [-0.4, -0.2) is 189 Å². The predicted octanol–water partition coefficient (Wildman–Crippen LogP) is 15.8. The van der Waals surface area contributed by atoms with Crippen LogP contribution in [0.15, 0.2) is 246 Å². The number of halogens is 6. The monoisotopic (exact) mass is 2360 g/mol. The van der Waals surface area contributed by atoms with E-state index < -0.39 is 178 Å². The van der Waals surface area contributed by atoms with E-state index in [0.717, 1.165) is 107 Å². The fourth-order valence-corrected chi connectivity index (χ4v) is 32.5. The second-order valence-corrected chi connectivity index (χ2v) is 53.4. The van der Waals surface area contributed by atoms with Gasteiger partial charge in [-0.2, -0.15) is 0 Å². The normalized spacial score (nSPS) is 18.8. The molecule has 12 amide bonds. The molecule has 5 aromatic heterocycles. The number of likely N-dealkylation sites (N-methyl/N-ethyl adjacent to an activating group) is 6. The summed E-state index contributed by atoms with van der Waals surface area (Å²) in [5.41, 5.74) is 2.34. The Kier molecular flexibility index (Phi) is 32.9. The number of thiophene rings is 5. The number of benzene rings is 8. The molecule has 6 unspecified atom stereocenters. The van der Waals surface area contributed by atoms with E-state index in [-0.39, 0.29) is 76.6 Å². The number of carbonyl (C=O) groups excluding carboxylic acids is 12. The first kappa shape index (κ1) is 112. The molecule has 53 heteroatoms. The lowest BCUT2D eigenvalue weighted by Gasteiger charge is -2.32. The van der Waals surface area contributed by atoms with Gasteiger partial charge in [-0.05, 0) is 216 Å². The van der Waals surface area contributed by atoms with Gasteiger partial charge in [-0.25, -0.2) is 85.1 Å². The summed E-state index contributed by atoms with van der Waals surface area (Å²) in [7, 11) is -17.9. The first-order chi connectivity index (χ1) is 69.9. The highest BCUT2D eigenvalue weighted by Crippen LogP contribution is 2.48. The lowest BCUT2D eigenvalue weighted by Crippen LogP contribution is -2.47. The van der Waals surface area contributed by atoms with Gasteiger partial charge in [0.1, 0.15) is 42.0 Å². The van der Waals surface area contributed by atoms with Crippen LogP contribution in [-0.2, 0) is 118 Å². The number of hydrogen-bond donors (Lipinski definition) is 6. The van der Waals surface area contributed by atoms with E-state index in [1.807, 2.05) is 18.2 Å². The maximum absolute atomic E-state index is 13.7. The van der Waals surface area contributed by atoms with Crippen molar-refractivity contribution in [1.82, 2.24) is 25.8 Å². The Hall–Kier alpha value is -12.9. The number of carbonyl (C=O) groups is 12. The lowest BCUT2D eigenvalue weighted by atomic mass is 9.94. The van der Waals surface area contributed by atoms with Crippen LogP contribution in [0.5, 0.6) is 0 Å². The van der Waals surface area contributed by atoms with E-state index in [1.54, 1.807) is 145 Å². The summed E-state index contributed by atoms with van der Waals surface area (Å²) in [4.78, 5) is 156. The molecule has 0 radical (unpaired) electrons. The number of nitrogens with zero attached hydrogens (tertiary/aromatic N) is 6. The van der Waals surface area contributed by atoms with Crippen molar-refractivity contribution in [3.05, 3.63) is 298 Å². The van der Waals surface area contributed by atoms with E-state index >= 15 is 0 Å². The molecular weight excluding hydrogens is 2280 g/mol. The molecule has 0 bridgehead atoms. The summed E-state index contributed by atoms with van der Waals surface area (Å²) in [6.07, 6.45) is 0. The maximum atomic E-state index is 13.7. The van der Waals surface area contributed by atoms with Gasteiger partial charge < -0.3 is 31.9 Å². The van der Waals surface area contributed by atoms with E-state index in [9.17, 15) is 117 Å². The van der Waals surface area contributed by atoms with Crippen molar-refractivity contribution >= 4 is 283 Å². The summed E-state index contributed by atoms with van der Waals surface area (Å²) in [6, 6.07) is 54.9. The third-order valence-electron chi connectivity index (χ3n) is 23.3. The Morgan fingerprint density at radius 2 is 0.604 bits per heavy atom. The lowest BCUT2D eigenvalue weighted by molar-refractivity contribution is -0.134. The smallest absolute Gasteiger partial charge is 0.267 e. The Morgan fingerprint density at radius 1 is 0.315 bits per heavy atom. The number of anilines is 6. The van der Waals surface area contributed by atoms with Gasteiger partial charge in [-0.15, -0.1) is 56.7 Å². The summed E-state index contributed by atoms with van der Waals surface area (Å²) >= 11 is 26.5. The van der Waals surface area contributed by atoms with E-state index in [0.29, 0.717) is 74.6 Å². The SMILES string of the molecule is CCN1C(=O)C(C(=O)Nc2ccc(Cl)cc2)c2cc3ccccc3cc2S1(=O)=O.Cc1cc2c(s1)C(C(=O)Nc1ccc(Br)cc1)C(=O)N(C)S2(=O)=O.Cc1cc2c(s1)C(C(=O)Nc1ccc(Cl)c(Cl)c1)C(=O)N(C)S2(=O)=O.Cc1cc2c(s1)C(C(=O)Nc1ccc(F)cc1)C(=O)N(C)S2(=O)=O.Cc1cc2c(s1)C(C(=O)Nc1ccccc1)C(=O)N(C)S2(=O)=O.Cc1cc2c(s1)C(C(=O)Nc1ccccc1F)C(=O)N(C)S2(=O)=O. The number of fused-ring (bicyclic) bond motifs is 7. The molecule has 11 heterocycles. The fourth-order valence-electron chi connectivity index (χ4n) is 15.8. The minimum atomic E-state index is -4.03. The first-order valence-corrected chi connectivity index (χ1v) is 58.2. The second kappa shape index (κ2) is 43.9. The van der Waals surface area contributed by atoms with Gasteiger partial charge in [-0.3, -0.25) is 57.5 Å². The van der Waals surface area contributed by atoms with E-state index in [4.69, 9.17) is 34.8 Å². The number of amides is 12. The van der Waals surface area contributed by atoms with E-state index in [2.05, 4.69) is 47.8 Å². The summed E-state index contributed by atoms with van der Waals surface area (Å²) < 4.78 is 181. The quantitative estimate of drug-likeness (QED) is 0.0584. The van der Waals surface area contributed by atoms with Crippen molar-refractivity contribution < 1.29 is 117 Å². The maximum Gasteiger partial charge on any atom is 0.267 e. The van der Waals surface area contributed by atoms with Crippen LogP contribution in [0.2, 0.25) is 15.1 Å². The van der Waals surface area contributed by atoms with Crippen LogP contribution in [0.3, 0.4) is 0 Å². The molecule has 149 heavy (non-hydrogen) atoms. The highest BCUT2D eigenvalue weighted by molar-refractivity contribution is 9.10. The molecule has 36 nitrogen and oxygen atoms in total. The molecule has 6 N–H and O–H groups in total. The number of hydrogen-bond acceptors (Lipinski definition) is 29. The standard InChI is InChI=1S/C21H17ClN2O4S.C15H13BrN2O4S2.C15H12Cl2N2O4S2.2C15H13FN2O4S2.C15H14N2O4S2/c1-2-24-21(26)19(20(25)23-16-9-7-15(22)8-10-16)17-11-13-5-3-4-6-14(13)12-18(17)29(24,27)28;1-8-7-11-13(23-8)12(15(20)18(2)24(11,21)22)14(19)17-10-5-3-9(16)4-6-10;1-7-5-11-13(24-7)12(15(21)19(2)25(11,22)23)14(20)18-8-3-4-9(16)10(17)6-8;1-8-7-11-13(23-8)12(15(20)18(2)24(11,21)22)14(19)17-10-5-3-9(16)4-6-10;1-8-7-11-13(23-8)12(15(20)18(2)24(11,21)22)14(19)17-10-6-4-3-5-9(10)16;1-9-8-11-13(22-9)12(15(19)17(2)23(11,20)21)14(18)16-10-6-4-3-5-7-10/h3-12,19H,2H2,1H3,(H,23,25);3-7,12H,1-2H3,(H,17,19);3-6,12H,1-2H3,(H,18,20);2*3-7,12H,1-2H3,(H,17,19);3-8,12H,1-2H3,(H,16,18). The average molecular weight is 2360 g/mol. The molecule has 19 rings (SSSR count). The highest BCUT2D eigenvalue weighted by atomic mass is 79.9. The van der Waals surface area contributed by atoms with Gasteiger partial charge in [-0.1, -0.05) is 105 Å². The van der Waals surface area contributed by atoms with Gasteiger partial charge in [0.15, 0.2) is 29.6 Å². The number of sulfonamides is 6. The molecule has 6 aliphatic rings. The second-order valence-electron chi connectivity index (χ2n) is 33.3. The minimum Gasteiger partial charge on any atom is -0.325 e. The van der Waals surface area contributed by atoms with Crippen LogP contribution >= 0.6 is 107 Å².